The minimum absolute atomic E-state index is 0.103. The van der Waals surface area contributed by atoms with Gasteiger partial charge < -0.3 is 5.32 Å². The van der Waals surface area contributed by atoms with Crippen LogP contribution in [-0.2, 0) is 0 Å². The zero-order chi connectivity index (χ0) is 13.4. The lowest BCUT2D eigenvalue weighted by molar-refractivity contribution is 0.0956. The highest BCUT2D eigenvalue weighted by molar-refractivity contribution is 8.13. The Labute approximate surface area is 110 Å². The van der Waals surface area contributed by atoms with Crippen molar-refractivity contribution in [3.63, 3.8) is 0 Å². The van der Waals surface area contributed by atoms with Crippen LogP contribution in [0.5, 0.6) is 0 Å². The monoisotopic (exact) mass is 262 g/mol. The largest absolute Gasteiger partial charge is 0.352 e. The highest BCUT2D eigenvalue weighted by atomic mass is 32.2. The van der Waals surface area contributed by atoms with Gasteiger partial charge in [0.05, 0.1) is 5.69 Å². The van der Waals surface area contributed by atoms with E-state index in [4.69, 9.17) is 5.26 Å². The molecule has 5 nitrogen and oxygen atoms in total. The first-order chi connectivity index (χ1) is 8.71. The molecule has 0 saturated carbocycles. The smallest absolute Gasteiger partial charge is 0.251 e. The van der Waals surface area contributed by atoms with E-state index < -0.39 is 0 Å². The predicted octanol–water partition coefficient (Wildman–Crippen LogP) is 1.86. The number of nitrogens with zero attached hydrogens (tertiary/aromatic N) is 2. The quantitative estimate of drug-likeness (QED) is 0.377. The molecule has 18 heavy (non-hydrogen) atoms. The van der Waals surface area contributed by atoms with Gasteiger partial charge in [-0.3, -0.25) is 10.1 Å². The van der Waals surface area contributed by atoms with Gasteiger partial charge in [0.25, 0.3) is 5.91 Å². The molecule has 1 rings (SSSR count). The Balaban J connectivity index is 2.83. The third-order valence-electron chi connectivity index (χ3n) is 2.05. The SMILES string of the molecule is CCNC(=O)c1ccc(N=C(NC#N)SC)cc1. The Morgan fingerprint density at radius 1 is 1.44 bits per heavy atom. The molecule has 1 aromatic carbocycles. The Morgan fingerprint density at radius 2 is 2.11 bits per heavy atom. The fourth-order valence-corrected chi connectivity index (χ4v) is 1.58. The summed E-state index contributed by atoms with van der Waals surface area (Å²) in [5, 5.41) is 14.2. The van der Waals surface area contributed by atoms with E-state index in [0.29, 0.717) is 23.0 Å². The van der Waals surface area contributed by atoms with Gasteiger partial charge in [0.2, 0.25) is 0 Å². The molecule has 1 amide bonds. The molecular weight excluding hydrogens is 248 g/mol. The molecule has 1 aromatic rings. The number of thioether (sulfide) groups is 1. The van der Waals surface area contributed by atoms with Crippen molar-refractivity contribution in [1.29, 1.82) is 5.26 Å². The standard InChI is InChI=1S/C12H14N4OS/c1-3-14-11(17)9-4-6-10(7-5-9)16-12(18-2)15-8-13/h4-7H,3H2,1-2H3,(H,14,17)(H,15,16). The van der Waals surface area contributed by atoms with Crippen LogP contribution < -0.4 is 10.6 Å². The van der Waals surface area contributed by atoms with Gasteiger partial charge in [-0.15, -0.1) is 0 Å². The van der Waals surface area contributed by atoms with Crippen LogP contribution in [-0.4, -0.2) is 23.9 Å². The molecule has 0 aliphatic heterocycles. The molecular formula is C12H14N4OS. The topological polar surface area (TPSA) is 77.3 Å². The number of amides is 1. The molecule has 0 heterocycles. The predicted molar refractivity (Wildman–Crippen MR) is 73.8 cm³/mol. The molecule has 6 heteroatoms. The summed E-state index contributed by atoms with van der Waals surface area (Å²) in [7, 11) is 0. The molecule has 94 valence electrons. The Hall–Kier alpha value is -2.00. The van der Waals surface area contributed by atoms with Crippen molar-refractivity contribution in [1.82, 2.24) is 10.6 Å². The fraction of sp³-hybridized carbons (Fsp3) is 0.250. The number of benzene rings is 1. The van der Waals surface area contributed by atoms with Crippen LogP contribution in [0.1, 0.15) is 17.3 Å². The molecule has 0 spiro atoms. The lowest BCUT2D eigenvalue weighted by Gasteiger charge is -2.03. The number of nitrogens with one attached hydrogen (secondary N) is 2. The first-order valence-corrected chi connectivity index (χ1v) is 6.59. The molecule has 0 bridgehead atoms. The van der Waals surface area contributed by atoms with Gasteiger partial charge in [-0.1, -0.05) is 11.8 Å². The molecule has 0 aromatic heterocycles. The summed E-state index contributed by atoms with van der Waals surface area (Å²) in [4.78, 5) is 15.8. The lowest BCUT2D eigenvalue weighted by atomic mass is 10.2. The minimum Gasteiger partial charge on any atom is -0.352 e. The van der Waals surface area contributed by atoms with E-state index in [0.717, 1.165) is 0 Å². The van der Waals surface area contributed by atoms with Gasteiger partial charge >= 0.3 is 0 Å². The van der Waals surface area contributed by atoms with Crippen LogP contribution in [0.3, 0.4) is 0 Å². The zero-order valence-corrected chi connectivity index (χ0v) is 11.0. The number of aliphatic imine (C=N–C) groups is 1. The van der Waals surface area contributed by atoms with E-state index in [1.807, 2.05) is 19.4 Å². The van der Waals surface area contributed by atoms with E-state index >= 15 is 0 Å². The Bertz CT molecular complexity index is 476. The fourth-order valence-electron chi connectivity index (χ4n) is 1.24. The molecule has 0 unspecified atom stereocenters. The summed E-state index contributed by atoms with van der Waals surface area (Å²) in [6, 6.07) is 6.88. The summed E-state index contributed by atoms with van der Waals surface area (Å²) in [5.74, 6) is -0.103. The number of nitriles is 1. The maximum absolute atomic E-state index is 11.5. The highest BCUT2D eigenvalue weighted by Crippen LogP contribution is 2.15. The summed E-state index contributed by atoms with van der Waals surface area (Å²) >= 11 is 1.35. The lowest BCUT2D eigenvalue weighted by Crippen LogP contribution is -2.22. The van der Waals surface area contributed by atoms with Crippen LogP contribution >= 0.6 is 11.8 Å². The van der Waals surface area contributed by atoms with E-state index in [-0.39, 0.29) is 5.91 Å². The first kappa shape index (κ1) is 14.1. The number of carbonyl (C=O) groups is 1. The third kappa shape index (κ3) is 4.11. The Kier molecular flexibility index (Phi) is 5.74. The maximum atomic E-state index is 11.5. The average Bonchev–Trinajstić information content (AvgIpc) is 2.39. The van der Waals surface area contributed by atoms with Crippen molar-refractivity contribution < 1.29 is 4.79 Å². The first-order valence-electron chi connectivity index (χ1n) is 5.37. The summed E-state index contributed by atoms with van der Waals surface area (Å²) in [6.07, 6.45) is 3.65. The van der Waals surface area contributed by atoms with Crippen LogP contribution in [0, 0.1) is 11.5 Å². The third-order valence-corrected chi connectivity index (χ3v) is 2.63. The van der Waals surface area contributed by atoms with Gasteiger partial charge in [-0.05, 0) is 37.4 Å². The van der Waals surface area contributed by atoms with Crippen molar-refractivity contribution in [3.8, 4) is 6.19 Å². The molecule has 0 saturated heterocycles. The van der Waals surface area contributed by atoms with Crippen LogP contribution in [0.25, 0.3) is 0 Å². The second-order valence-corrected chi connectivity index (χ2v) is 4.06. The van der Waals surface area contributed by atoms with Crippen LogP contribution in [0.15, 0.2) is 29.3 Å². The van der Waals surface area contributed by atoms with Crippen molar-refractivity contribution in [2.75, 3.05) is 12.8 Å². The summed E-state index contributed by atoms with van der Waals surface area (Å²) in [5.41, 5.74) is 1.28. The van der Waals surface area contributed by atoms with Gasteiger partial charge in [-0.2, -0.15) is 5.26 Å². The van der Waals surface area contributed by atoms with Crippen molar-refractivity contribution >= 4 is 28.5 Å². The summed E-state index contributed by atoms with van der Waals surface area (Å²) in [6.45, 7) is 2.47. The second-order valence-electron chi connectivity index (χ2n) is 3.26. The number of rotatable bonds is 3. The van der Waals surface area contributed by atoms with Crippen molar-refractivity contribution in [2.24, 2.45) is 4.99 Å². The highest BCUT2D eigenvalue weighted by Gasteiger charge is 2.03. The molecule has 0 atom stereocenters. The van der Waals surface area contributed by atoms with Crippen molar-refractivity contribution in [2.45, 2.75) is 6.92 Å². The molecule has 0 radical (unpaired) electrons. The average molecular weight is 262 g/mol. The zero-order valence-electron chi connectivity index (χ0n) is 10.2. The van der Waals surface area contributed by atoms with Gasteiger partial charge in [-0.25, -0.2) is 4.99 Å². The molecule has 0 aliphatic carbocycles. The second kappa shape index (κ2) is 7.35. The number of hydrogen-bond acceptors (Lipinski definition) is 4. The number of carbonyl (C=O) groups excluding carboxylic acids is 1. The van der Waals surface area contributed by atoms with E-state index in [1.54, 1.807) is 24.3 Å². The van der Waals surface area contributed by atoms with E-state index in [9.17, 15) is 4.79 Å². The van der Waals surface area contributed by atoms with Gasteiger partial charge in [0, 0.05) is 12.1 Å². The summed E-state index contributed by atoms with van der Waals surface area (Å²) < 4.78 is 0. The molecule has 2 N–H and O–H groups in total. The van der Waals surface area contributed by atoms with E-state index in [2.05, 4.69) is 15.6 Å². The van der Waals surface area contributed by atoms with Gasteiger partial charge in [0.15, 0.2) is 11.4 Å². The number of amidine groups is 1. The van der Waals surface area contributed by atoms with Crippen molar-refractivity contribution in [3.05, 3.63) is 29.8 Å². The minimum atomic E-state index is -0.103. The van der Waals surface area contributed by atoms with Gasteiger partial charge in [0.1, 0.15) is 0 Å². The van der Waals surface area contributed by atoms with Crippen LogP contribution in [0.2, 0.25) is 0 Å². The number of hydrogen-bond donors (Lipinski definition) is 2. The van der Waals surface area contributed by atoms with Crippen LogP contribution in [0.4, 0.5) is 5.69 Å². The molecule has 0 fully saturated rings. The Morgan fingerprint density at radius 3 is 2.61 bits per heavy atom. The maximum Gasteiger partial charge on any atom is 0.251 e. The van der Waals surface area contributed by atoms with E-state index in [1.165, 1.54) is 11.8 Å². The normalized spacial score (nSPS) is 10.6. The molecule has 0 aliphatic rings.